The molecule has 0 aliphatic carbocycles. The maximum atomic E-state index is 12.6. The number of benzene rings is 2. The number of aromatic nitrogens is 2. The Morgan fingerprint density at radius 3 is 2.46 bits per heavy atom. The van der Waals surface area contributed by atoms with E-state index < -0.39 is 10.0 Å². The monoisotopic (exact) mass is 390 g/mol. The average Bonchev–Trinajstić information content (AvgIpc) is 2.70. The number of rotatable bonds is 5. The zero-order valence-corrected chi connectivity index (χ0v) is 15.9. The maximum absolute atomic E-state index is 12.6. The third-order valence-corrected chi connectivity index (χ3v) is 5.84. The average molecular weight is 390 g/mol. The summed E-state index contributed by atoms with van der Waals surface area (Å²) in [6, 6.07) is 20.0. The van der Waals surface area contributed by atoms with Gasteiger partial charge in [-0.15, -0.1) is 0 Å². The Bertz CT molecular complexity index is 1230. The fourth-order valence-electron chi connectivity index (χ4n) is 2.94. The van der Waals surface area contributed by atoms with Crippen LogP contribution in [-0.4, -0.2) is 18.4 Å². The molecule has 2 aromatic heterocycles. The fourth-order valence-corrected chi connectivity index (χ4v) is 4.23. The van der Waals surface area contributed by atoms with Crippen molar-refractivity contribution in [1.29, 1.82) is 0 Å². The highest BCUT2D eigenvalue weighted by atomic mass is 32.2. The lowest BCUT2D eigenvalue weighted by Crippen LogP contribution is -2.14. The van der Waals surface area contributed by atoms with Crippen molar-refractivity contribution >= 4 is 38.1 Å². The van der Waals surface area contributed by atoms with Gasteiger partial charge >= 0.3 is 0 Å². The van der Waals surface area contributed by atoms with Crippen molar-refractivity contribution in [3.05, 3.63) is 84.7 Å². The lowest BCUT2D eigenvalue weighted by Gasteiger charge is -2.11. The molecule has 0 unspecified atom stereocenters. The molecule has 0 saturated heterocycles. The van der Waals surface area contributed by atoms with Crippen molar-refractivity contribution in [3.8, 4) is 0 Å². The number of hydrogen-bond donors (Lipinski definition) is 2. The summed E-state index contributed by atoms with van der Waals surface area (Å²) in [5, 5.41) is 4.25. The highest BCUT2D eigenvalue weighted by Crippen LogP contribution is 2.25. The molecule has 4 rings (SSSR count). The van der Waals surface area contributed by atoms with Crippen LogP contribution in [0.3, 0.4) is 0 Å². The van der Waals surface area contributed by atoms with E-state index in [2.05, 4.69) is 20.0 Å². The summed E-state index contributed by atoms with van der Waals surface area (Å²) in [5.41, 5.74) is 2.75. The number of hydrogen-bond acceptors (Lipinski definition) is 5. The molecule has 0 atom stereocenters. The molecule has 0 spiro atoms. The maximum Gasteiger partial charge on any atom is 0.262 e. The quantitative estimate of drug-likeness (QED) is 0.525. The van der Waals surface area contributed by atoms with Crippen molar-refractivity contribution in [3.63, 3.8) is 0 Å². The van der Waals surface area contributed by atoms with Crippen LogP contribution in [0.15, 0.2) is 84.0 Å². The SMILES string of the molecule is Cc1ccccc1S(=O)(=O)Nc1ccc(Nc2cccc3cccnc23)nc1. The molecule has 2 heterocycles. The zero-order chi connectivity index (χ0) is 19.6. The van der Waals surface area contributed by atoms with E-state index in [1.807, 2.05) is 30.3 Å². The van der Waals surface area contributed by atoms with Gasteiger partial charge in [-0.2, -0.15) is 0 Å². The van der Waals surface area contributed by atoms with Crippen molar-refractivity contribution in [2.75, 3.05) is 10.0 Å². The highest BCUT2D eigenvalue weighted by Gasteiger charge is 2.16. The number of fused-ring (bicyclic) bond motifs is 1. The summed E-state index contributed by atoms with van der Waals surface area (Å²) in [7, 11) is -3.66. The van der Waals surface area contributed by atoms with E-state index in [4.69, 9.17) is 0 Å². The summed E-state index contributed by atoms with van der Waals surface area (Å²) in [4.78, 5) is 8.97. The fraction of sp³-hybridized carbons (Fsp3) is 0.0476. The van der Waals surface area contributed by atoms with E-state index in [9.17, 15) is 8.42 Å². The summed E-state index contributed by atoms with van der Waals surface area (Å²) < 4.78 is 27.7. The number of aryl methyl sites for hydroxylation is 1. The van der Waals surface area contributed by atoms with E-state index in [-0.39, 0.29) is 4.90 Å². The van der Waals surface area contributed by atoms with Crippen molar-refractivity contribution in [1.82, 2.24) is 9.97 Å². The van der Waals surface area contributed by atoms with Crippen LogP contribution < -0.4 is 10.0 Å². The van der Waals surface area contributed by atoms with Crippen molar-refractivity contribution < 1.29 is 8.42 Å². The molecular weight excluding hydrogens is 372 g/mol. The number of nitrogens with zero attached hydrogens (tertiary/aromatic N) is 2. The van der Waals surface area contributed by atoms with Gasteiger partial charge in [0, 0.05) is 11.6 Å². The Labute approximate surface area is 163 Å². The van der Waals surface area contributed by atoms with Crippen LogP contribution in [0.2, 0.25) is 0 Å². The zero-order valence-electron chi connectivity index (χ0n) is 15.1. The Morgan fingerprint density at radius 1 is 0.857 bits per heavy atom. The van der Waals surface area contributed by atoms with Crippen LogP contribution in [0, 0.1) is 6.92 Å². The van der Waals surface area contributed by atoms with E-state index in [0.717, 1.165) is 16.6 Å². The van der Waals surface area contributed by atoms with E-state index in [1.165, 1.54) is 6.20 Å². The Hall–Kier alpha value is -3.45. The smallest absolute Gasteiger partial charge is 0.262 e. The minimum absolute atomic E-state index is 0.249. The van der Waals surface area contributed by atoms with Gasteiger partial charge in [0.1, 0.15) is 5.82 Å². The summed E-state index contributed by atoms with van der Waals surface area (Å²) in [6.45, 7) is 1.76. The lowest BCUT2D eigenvalue weighted by atomic mass is 10.2. The van der Waals surface area contributed by atoms with E-state index in [0.29, 0.717) is 17.1 Å². The van der Waals surface area contributed by atoms with Crippen LogP contribution in [-0.2, 0) is 10.0 Å². The summed E-state index contributed by atoms with van der Waals surface area (Å²) in [6.07, 6.45) is 3.22. The number of nitrogens with one attached hydrogen (secondary N) is 2. The van der Waals surface area contributed by atoms with Crippen molar-refractivity contribution in [2.45, 2.75) is 11.8 Å². The molecular formula is C21H18N4O2S. The topological polar surface area (TPSA) is 84.0 Å². The predicted octanol–water partition coefficient (Wildman–Crippen LogP) is 4.48. The minimum atomic E-state index is -3.66. The normalized spacial score (nSPS) is 11.3. The predicted molar refractivity (Wildman–Crippen MR) is 111 cm³/mol. The number of para-hydroxylation sites is 1. The van der Waals surface area contributed by atoms with Crippen LogP contribution in [0.5, 0.6) is 0 Å². The van der Waals surface area contributed by atoms with E-state index in [1.54, 1.807) is 49.5 Å². The van der Waals surface area contributed by atoms with Gasteiger partial charge in [-0.3, -0.25) is 9.71 Å². The first-order valence-corrected chi connectivity index (χ1v) is 10.2. The molecule has 4 aromatic rings. The van der Waals surface area contributed by atoms with Crippen LogP contribution in [0.4, 0.5) is 17.2 Å². The molecule has 28 heavy (non-hydrogen) atoms. The van der Waals surface area contributed by atoms with Crippen molar-refractivity contribution in [2.24, 2.45) is 0 Å². The number of anilines is 3. The van der Waals surface area contributed by atoms with Gasteiger partial charge in [0.05, 0.1) is 28.0 Å². The molecule has 0 fully saturated rings. The molecule has 6 nitrogen and oxygen atoms in total. The van der Waals surface area contributed by atoms with Crippen LogP contribution in [0.1, 0.15) is 5.56 Å². The first-order chi connectivity index (χ1) is 13.5. The third-order valence-electron chi connectivity index (χ3n) is 4.29. The Kier molecular flexibility index (Phi) is 4.67. The standard InChI is InChI=1S/C21H18N4O2S/c1-15-6-2-3-10-19(15)28(26,27)25-17-11-12-20(23-14-17)24-18-9-4-7-16-8-5-13-22-21(16)18/h2-14,25H,1H3,(H,23,24). The van der Waals surface area contributed by atoms with Gasteiger partial charge in [-0.05, 0) is 42.8 Å². The molecule has 0 aliphatic rings. The first-order valence-electron chi connectivity index (χ1n) is 8.68. The van der Waals surface area contributed by atoms with Gasteiger partial charge < -0.3 is 5.32 Å². The molecule has 2 aromatic carbocycles. The third kappa shape index (κ3) is 3.65. The molecule has 0 amide bonds. The largest absolute Gasteiger partial charge is 0.338 e. The summed E-state index contributed by atoms with van der Waals surface area (Å²) >= 11 is 0. The molecule has 0 aliphatic heterocycles. The second-order valence-corrected chi connectivity index (χ2v) is 7.96. The first kappa shape index (κ1) is 17.9. The summed E-state index contributed by atoms with van der Waals surface area (Å²) in [5.74, 6) is 0.594. The Balaban J connectivity index is 1.55. The number of sulfonamides is 1. The molecule has 2 N–H and O–H groups in total. The molecule has 0 saturated carbocycles. The molecule has 0 radical (unpaired) electrons. The van der Waals surface area contributed by atoms with Gasteiger partial charge in [0.2, 0.25) is 0 Å². The van der Waals surface area contributed by atoms with Gasteiger partial charge in [0.15, 0.2) is 0 Å². The van der Waals surface area contributed by atoms with Crippen LogP contribution >= 0.6 is 0 Å². The molecule has 140 valence electrons. The highest BCUT2D eigenvalue weighted by molar-refractivity contribution is 7.92. The van der Waals surface area contributed by atoms with E-state index >= 15 is 0 Å². The van der Waals surface area contributed by atoms with Gasteiger partial charge in [0.25, 0.3) is 10.0 Å². The lowest BCUT2D eigenvalue weighted by molar-refractivity contribution is 0.600. The minimum Gasteiger partial charge on any atom is -0.338 e. The second kappa shape index (κ2) is 7.28. The Morgan fingerprint density at radius 2 is 1.68 bits per heavy atom. The van der Waals surface area contributed by atoms with Crippen LogP contribution in [0.25, 0.3) is 10.9 Å². The second-order valence-electron chi connectivity index (χ2n) is 6.31. The van der Waals surface area contributed by atoms with Gasteiger partial charge in [-0.25, -0.2) is 13.4 Å². The number of pyridine rings is 2. The molecule has 7 heteroatoms. The van der Waals surface area contributed by atoms with Gasteiger partial charge in [-0.1, -0.05) is 36.4 Å². The molecule has 0 bridgehead atoms.